The lowest BCUT2D eigenvalue weighted by atomic mass is 10.1. The third kappa shape index (κ3) is 4.12. The van der Waals surface area contributed by atoms with Gasteiger partial charge in [0.15, 0.2) is 0 Å². The molecule has 5 heteroatoms. The van der Waals surface area contributed by atoms with Gasteiger partial charge in [0.25, 0.3) is 0 Å². The van der Waals surface area contributed by atoms with Crippen molar-refractivity contribution in [3.8, 4) is 11.4 Å². The Morgan fingerprint density at radius 2 is 0.882 bits per heavy atom. The summed E-state index contributed by atoms with van der Waals surface area (Å²) in [5.41, 5.74) is 11.5. The molecule has 4 heterocycles. The van der Waals surface area contributed by atoms with Crippen molar-refractivity contribution in [3.63, 3.8) is 0 Å². The number of hydrogen-bond donors (Lipinski definition) is 1. The molecule has 7 aromatic carbocycles. The van der Waals surface area contributed by atoms with Gasteiger partial charge >= 0.3 is 0 Å². The lowest BCUT2D eigenvalue weighted by molar-refractivity contribution is 0.510. The van der Waals surface area contributed by atoms with Gasteiger partial charge in [0.1, 0.15) is 0 Å². The Kier molecular flexibility index (Phi) is 5.95. The summed E-state index contributed by atoms with van der Waals surface area (Å²) in [5, 5.41) is 11.3. The van der Waals surface area contributed by atoms with Crippen LogP contribution in [0.4, 0.5) is 0 Å². The first-order valence-electron chi connectivity index (χ1n) is 17.4. The fourth-order valence-electron chi connectivity index (χ4n) is 8.34. The number of benzene rings is 7. The zero-order valence-corrected chi connectivity index (χ0v) is 27.6. The average molecular weight is 654 g/mol. The first-order valence-corrected chi connectivity index (χ1v) is 17.4. The van der Waals surface area contributed by atoms with E-state index in [-0.39, 0.29) is 6.29 Å². The number of hydrogen-bond acceptors (Lipinski definition) is 2. The fraction of sp³-hybridized carbons (Fsp3) is 0.0217. The van der Waals surface area contributed by atoms with E-state index < -0.39 is 0 Å². The largest absolute Gasteiger partial charge is 0.346 e. The van der Waals surface area contributed by atoms with Crippen molar-refractivity contribution in [1.82, 2.24) is 19.0 Å². The van der Waals surface area contributed by atoms with Crippen molar-refractivity contribution in [3.05, 3.63) is 175 Å². The molecule has 0 saturated heterocycles. The van der Waals surface area contributed by atoms with E-state index in [4.69, 9.17) is 4.99 Å². The van der Waals surface area contributed by atoms with Crippen LogP contribution in [0.25, 0.3) is 82.5 Å². The highest BCUT2D eigenvalue weighted by atomic mass is 15.3. The average Bonchev–Trinajstić information content (AvgIpc) is 3.84. The Morgan fingerprint density at radius 1 is 0.412 bits per heavy atom. The summed E-state index contributed by atoms with van der Waals surface area (Å²) in [6, 6.07) is 59.0. The Morgan fingerprint density at radius 3 is 1.45 bits per heavy atom. The summed E-state index contributed by atoms with van der Waals surface area (Å²) in [6.45, 7) is 0. The predicted octanol–water partition coefficient (Wildman–Crippen LogP) is 11.2. The fourth-order valence-corrected chi connectivity index (χ4v) is 8.34. The van der Waals surface area contributed by atoms with E-state index in [0.717, 1.165) is 33.7 Å². The molecule has 10 aromatic rings. The summed E-state index contributed by atoms with van der Waals surface area (Å²) in [4.78, 5) is 5.00. The number of aromatic nitrogens is 3. The van der Waals surface area contributed by atoms with Crippen LogP contribution in [-0.4, -0.2) is 19.9 Å². The highest BCUT2D eigenvalue weighted by Gasteiger charge is 2.22. The van der Waals surface area contributed by atoms with Crippen LogP contribution < -0.4 is 5.32 Å². The molecule has 1 aliphatic rings. The second-order valence-corrected chi connectivity index (χ2v) is 13.3. The number of rotatable bonds is 4. The van der Waals surface area contributed by atoms with Crippen LogP contribution >= 0.6 is 0 Å². The Bertz CT molecular complexity index is 2970. The topological polar surface area (TPSA) is 39.2 Å². The van der Waals surface area contributed by atoms with Gasteiger partial charge in [-0.25, -0.2) is 4.99 Å². The number of para-hydroxylation sites is 5. The molecule has 5 nitrogen and oxygen atoms in total. The quantitative estimate of drug-likeness (QED) is 0.202. The van der Waals surface area contributed by atoms with E-state index in [1.165, 1.54) is 54.4 Å². The van der Waals surface area contributed by atoms with Gasteiger partial charge in [-0.15, -0.1) is 0 Å². The number of fused-ring (bicyclic) bond motifs is 9. The minimum Gasteiger partial charge on any atom is -0.346 e. The lowest BCUT2D eigenvalue weighted by Crippen LogP contribution is -2.26. The molecule has 0 fully saturated rings. The number of nitrogens with zero attached hydrogens (tertiary/aromatic N) is 4. The molecule has 0 bridgehead atoms. The van der Waals surface area contributed by atoms with E-state index in [1.54, 1.807) is 0 Å². The molecular weight excluding hydrogens is 623 g/mol. The number of aliphatic imine (C=N–C) groups is 1. The van der Waals surface area contributed by atoms with Crippen LogP contribution in [0.2, 0.25) is 0 Å². The zero-order chi connectivity index (χ0) is 33.5. The van der Waals surface area contributed by atoms with Crippen molar-refractivity contribution < 1.29 is 0 Å². The second kappa shape index (κ2) is 10.8. The summed E-state index contributed by atoms with van der Waals surface area (Å²) >= 11 is 0. The second-order valence-electron chi connectivity index (χ2n) is 13.3. The van der Waals surface area contributed by atoms with E-state index in [2.05, 4.69) is 189 Å². The molecule has 1 N–H and O–H groups in total. The summed E-state index contributed by atoms with van der Waals surface area (Å²) < 4.78 is 7.09. The van der Waals surface area contributed by atoms with Gasteiger partial charge in [-0.05, 0) is 72.3 Å². The van der Waals surface area contributed by atoms with Crippen molar-refractivity contribution in [2.45, 2.75) is 6.29 Å². The van der Waals surface area contributed by atoms with Gasteiger partial charge in [-0.1, -0.05) is 103 Å². The molecule has 51 heavy (non-hydrogen) atoms. The van der Waals surface area contributed by atoms with E-state index in [0.29, 0.717) is 0 Å². The molecule has 0 radical (unpaired) electrons. The molecule has 0 saturated carbocycles. The normalized spacial score (nSPS) is 14.7. The summed E-state index contributed by atoms with van der Waals surface area (Å²) in [6.07, 6.45) is 3.70. The molecule has 0 aliphatic carbocycles. The third-order valence-corrected chi connectivity index (χ3v) is 10.5. The maximum atomic E-state index is 5.00. The Balaban J connectivity index is 1.02. The summed E-state index contributed by atoms with van der Waals surface area (Å²) in [7, 11) is 0. The van der Waals surface area contributed by atoms with Crippen LogP contribution in [0.3, 0.4) is 0 Å². The highest BCUT2D eigenvalue weighted by molar-refractivity contribution is 6.12. The first kappa shape index (κ1) is 28.0. The molecule has 0 amide bonds. The van der Waals surface area contributed by atoms with Crippen LogP contribution in [0, 0.1) is 0 Å². The van der Waals surface area contributed by atoms with Crippen molar-refractivity contribution >= 4 is 77.3 Å². The molecule has 1 atom stereocenters. The Hall–Kier alpha value is -6.85. The van der Waals surface area contributed by atoms with Crippen LogP contribution in [0.15, 0.2) is 175 Å². The highest BCUT2D eigenvalue weighted by Crippen LogP contribution is 2.38. The first-order chi connectivity index (χ1) is 25.3. The predicted molar refractivity (Wildman–Crippen MR) is 213 cm³/mol. The van der Waals surface area contributed by atoms with Crippen molar-refractivity contribution in [1.29, 1.82) is 0 Å². The lowest BCUT2D eigenvalue weighted by Gasteiger charge is -2.24. The van der Waals surface area contributed by atoms with Gasteiger partial charge in [0.05, 0.1) is 33.1 Å². The maximum absolute atomic E-state index is 5.00. The number of nitrogens with one attached hydrogen (secondary N) is 1. The van der Waals surface area contributed by atoms with Gasteiger partial charge in [0.2, 0.25) is 6.29 Å². The Labute approximate surface area is 293 Å². The number of allylic oxidation sites excluding steroid dienone is 1. The molecule has 1 aliphatic heterocycles. The molecule has 3 aromatic heterocycles. The minimum absolute atomic E-state index is 0.316. The van der Waals surface area contributed by atoms with Gasteiger partial charge in [-0.3, -0.25) is 0 Å². The maximum Gasteiger partial charge on any atom is 0.200 e. The minimum atomic E-state index is -0.316. The SMILES string of the molecule is C1=NC(n2c3ccccc3c3cc(-n4c5ccccc5c5ccccc54)ccc32)NC(c2cccc(-n3c4ccccc4c4ccccc43)c2)=C1. The third-order valence-electron chi connectivity index (χ3n) is 10.5. The van der Waals surface area contributed by atoms with Crippen LogP contribution in [-0.2, 0) is 0 Å². The summed E-state index contributed by atoms with van der Waals surface area (Å²) in [5.74, 6) is 0. The molecule has 0 spiro atoms. The molecule has 1 unspecified atom stereocenters. The van der Waals surface area contributed by atoms with Crippen LogP contribution in [0.1, 0.15) is 11.9 Å². The van der Waals surface area contributed by atoms with Gasteiger partial charge in [0, 0.05) is 55.6 Å². The van der Waals surface area contributed by atoms with Crippen molar-refractivity contribution in [2.24, 2.45) is 4.99 Å². The standard InChI is InChI=1S/C46H31N5/c1-6-19-40-33(14-1)34-15-2-7-20-41(34)49(40)31-13-11-12-30(28-31)39-26-27-47-46(48-39)51-44-23-10-5-18-37(44)38-29-32(24-25-45(38)51)50-42-21-8-3-16-35(42)36-17-4-9-22-43(36)50/h1-29,46,48H. The molecule has 11 rings (SSSR count). The van der Waals surface area contributed by atoms with E-state index in [1.807, 2.05) is 6.21 Å². The zero-order valence-electron chi connectivity index (χ0n) is 27.6. The van der Waals surface area contributed by atoms with Gasteiger partial charge < -0.3 is 19.0 Å². The van der Waals surface area contributed by atoms with Gasteiger partial charge in [-0.2, -0.15) is 0 Å². The van der Waals surface area contributed by atoms with E-state index >= 15 is 0 Å². The smallest absolute Gasteiger partial charge is 0.200 e. The van der Waals surface area contributed by atoms with Crippen molar-refractivity contribution in [2.75, 3.05) is 0 Å². The monoisotopic (exact) mass is 653 g/mol. The van der Waals surface area contributed by atoms with Crippen LogP contribution in [0.5, 0.6) is 0 Å². The molecular formula is C46H31N5. The molecule has 240 valence electrons. The van der Waals surface area contributed by atoms with E-state index in [9.17, 15) is 0 Å².